The van der Waals surface area contributed by atoms with E-state index in [1.165, 1.54) is 11.3 Å². The molecule has 1 aromatic heterocycles. The number of carbonyl (C=O) groups is 1. The van der Waals surface area contributed by atoms with Gasteiger partial charge in [0, 0.05) is 0 Å². The number of Topliss-reactive ketones (excluding diaryl/α,β-unsaturated/α-hetero) is 1. The van der Waals surface area contributed by atoms with E-state index in [2.05, 4.69) is 6.07 Å². The normalized spacial score (nSPS) is 12.5. The molecule has 0 radical (unpaired) electrons. The van der Waals surface area contributed by atoms with Crippen molar-refractivity contribution in [2.24, 2.45) is 11.8 Å². The van der Waals surface area contributed by atoms with Crippen LogP contribution in [0.25, 0.3) is 0 Å². The largest absolute Gasteiger partial charge is 0.292 e. The lowest BCUT2D eigenvalue weighted by molar-refractivity contribution is 0.0928. The summed E-state index contributed by atoms with van der Waals surface area (Å²) in [6.07, 6.45) is 0. The number of thiophene rings is 1. The summed E-state index contributed by atoms with van der Waals surface area (Å²) < 4.78 is 0. The predicted octanol–water partition coefficient (Wildman–Crippen LogP) is 3.04. The average molecular weight is 207 g/mol. The molecule has 0 aromatic carbocycles. The van der Waals surface area contributed by atoms with E-state index in [1.54, 1.807) is 0 Å². The number of carbonyl (C=O) groups excluding carboxylic acids is 1. The van der Waals surface area contributed by atoms with Gasteiger partial charge in [-0.25, -0.2) is 0 Å². The van der Waals surface area contributed by atoms with Gasteiger partial charge in [0.2, 0.25) is 0 Å². The van der Waals surface area contributed by atoms with Crippen LogP contribution < -0.4 is 0 Å². The Balaban J connectivity index is 2.96. The number of nitriles is 1. The van der Waals surface area contributed by atoms with Crippen molar-refractivity contribution in [3.8, 4) is 6.07 Å². The quantitative estimate of drug-likeness (QED) is 0.715. The zero-order valence-electron chi connectivity index (χ0n) is 8.57. The maximum absolute atomic E-state index is 11.9. The fraction of sp³-hybridized carbons (Fsp3) is 0.455. The molecule has 0 fully saturated rings. The Bertz CT molecular complexity index is 373. The van der Waals surface area contributed by atoms with Crippen LogP contribution in [0.4, 0.5) is 0 Å². The van der Waals surface area contributed by atoms with Gasteiger partial charge in [0.1, 0.15) is 5.92 Å². The molecule has 0 spiro atoms. The number of ketones is 1. The summed E-state index contributed by atoms with van der Waals surface area (Å²) in [5.41, 5.74) is 0.973. The fourth-order valence-corrected chi connectivity index (χ4v) is 2.18. The van der Waals surface area contributed by atoms with Crippen molar-refractivity contribution >= 4 is 17.1 Å². The van der Waals surface area contributed by atoms with Gasteiger partial charge in [0.25, 0.3) is 0 Å². The molecule has 1 aromatic rings. The van der Waals surface area contributed by atoms with Crippen LogP contribution >= 0.6 is 11.3 Å². The monoisotopic (exact) mass is 207 g/mol. The minimum Gasteiger partial charge on any atom is -0.292 e. The van der Waals surface area contributed by atoms with Gasteiger partial charge < -0.3 is 0 Å². The molecular weight excluding hydrogens is 194 g/mol. The summed E-state index contributed by atoms with van der Waals surface area (Å²) in [7, 11) is 0. The van der Waals surface area contributed by atoms with Crippen molar-refractivity contribution in [1.82, 2.24) is 0 Å². The van der Waals surface area contributed by atoms with E-state index in [9.17, 15) is 4.79 Å². The molecule has 0 aliphatic heterocycles. The first-order valence-corrected chi connectivity index (χ1v) is 5.43. The molecule has 74 valence electrons. The van der Waals surface area contributed by atoms with Crippen LogP contribution in [0.3, 0.4) is 0 Å². The van der Waals surface area contributed by atoms with E-state index < -0.39 is 5.92 Å². The standard InChI is InChI=1S/C11H13NOS/c1-7(2)9(6-12)10(13)11-8(3)4-5-14-11/h4-5,7,9H,1-3H3. The summed E-state index contributed by atoms with van der Waals surface area (Å²) in [6, 6.07) is 3.98. The third kappa shape index (κ3) is 2.02. The van der Waals surface area contributed by atoms with Gasteiger partial charge in [-0.2, -0.15) is 5.26 Å². The highest BCUT2D eigenvalue weighted by Crippen LogP contribution is 2.23. The van der Waals surface area contributed by atoms with Gasteiger partial charge in [-0.05, 0) is 29.9 Å². The smallest absolute Gasteiger partial charge is 0.190 e. The van der Waals surface area contributed by atoms with Crippen LogP contribution in [0.2, 0.25) is 0 Å². The van der Waals surface area contributed by atoms with Gasteiger partial charge >= 0.3 is 0 Å². The molecule has 0 aliphatic rings. The maximum Gasteiger partial charge on any atom is 0.190 e. The highest BCUT2D eigenvalue weighted by atomic mass is 32.1. The molecule has 3 heteroatoms. The Labute approximate surface area is 88.2 Å². The summed E-state index contributed by atoms with van der Waals surface area (Å²) in [4.78, 5) is 12.6. The number of hydrogen-bond donors (Lipinski definition) is 0. The van der Waals surface area contributed by atoms with Crippen LogP contribution in [-0.4, -0.2) is 5.78 Å². The van der Waals surface area contributed by atoms with E-state index in [-0.39, 0.29) is 11.7 Å². The molecule has 2 nitrogen and oxygen atoms in total. The minimum absolute atomic E-state index is 0.0324. The molecular formula is C11H13NOS. The Hall–Kier alpha value is -1.14. The average Bonchev–Trinajstić information content (AvgIpc) is 2.51. The van der Waals surface area contributed by atoms with Crippen molar-refractivity contribution in [2.45, 2.75) is 20.8 Å². The summed E-state index contributed by atoms with van der Waals surface area (Å²) >= 11 is 1.42. The molecule has 1 atom stereocenters. The Morgan fingerprint density at radius 3 is 2.57 bits per heavy atom. The molecule has 1 heterocycles. The number of rotatable bonds is 3. The Morgan fingerprint density at radius 1 is 1.57 bits per heavy atom. The van der Waals surface area contributed by atoms with Crippen molar-refractivity contribution in [3.05, 3.63) is 21.9 Å². The molecule has 1 rings (SSSR count). The maximum atomic E-state index is 11.9. The van der Waals surface area contributed by atoms with Crippen LogP contribution in [0.5, 0.6) is 0 Å². The molecule has 0 amide bonds. The van der Waals surface area contributed by atoms with Crippen molar-refractivity contribution in [3.63, 3.8) is 0 Å². The SMILES string of the molecule is Cc1ccsc1C(=O)C(C#N)C(C)C. The second kappa shape index (κ2) is 4.39. The predicted molar refractivity (Wildman–Crippen MR) is 57.3 cm³/mol. The molecule has 0 saturated heterocycles. The summed E-state index contributed by atoms with van der Waals surface area (Å²) in [5.74, 6) is -0.462. The van der Waals surface area contributed by atoms with E-state index >= 15 is 0 Å². The second-order valence-corrected chi connectivity index (χ2v) is 4.56. The molecule has 0 N–H and O–H groups in total. The molecule has 0 aliphatic carbocycles. The lowest BCUT2D eigenvalue weighted by Gasteiger charge is -2.10. The van der Waals surface area contributed by atoms with Gasteiger partial charge in [0.15, 0.2) is 5.78 Å². The second-order valence-electron chi connectivity index (χ2n) is 3.65. The van der Waals surface area contributed by atoms with E-state index in [4.69, 9.17) is 5.26 Å². The van der Waals surface area contributed by atoms with Crippen LogP contribution in [0, 0.1) is 30.1 Å². The lowest BCUT2D eigenvalue weighted by atomic mass is 9.91. The zero-order chi connectivity index (χ0) is 10.7. The first kappa shape index (κ1) is 10.9. The number of aryl methyl sites for hydroxylation is 1. The first-order chi connectivity index (χ1) is 6.57. The van der Waals surface area contributed by atoms with Gasteiger partial charge in [-0.1, -0.05) is 13.8 Å². The van der Waals surface area contributed by atoms with Crippen molar-refractivity contribution in [2.75, 3.05) is 0 Å². The summed E-state index contributed by atoms with van der Waals surface area (Å²) in [5, 5.41) is 10.8. The fourth-order valence-electron chi connectivity index (χ4n) is 1.28. The lowest BCUT2D eigenvalue weighted by Crippen LogP contribution is -2.18. The Morgan fingerprint density at radius 2 is 2.21 bits per heavy atom. The molecule has 1 unspecified atom stereocenters. The third-order valence-corrected chi connectivity index (χ3v) is 3.21. The Kier molecular flexibility index (Phi) is 3.43. The van der Waals surface area contributed by atoms with Crippen LogP contribution in [0.1, 0.15) is 29.1 Å². The van der Waals surface area contributed by atoms with Crippen LogP contribution in [-0.2, 0) is 0 Å². The molecule has 14 heavy (non-hydrogen) atoms. The van der Waals surface area contributed by atoms with Gasteiger partial charge in [-0.15, -0.1) is 11.3 Å². The topological polar surface area (TPSA) is 40.9 Å². The minimum atomic E-state index is -0.507. The van der Waals surface area contributed by atoms with E-state index in [0.717, 1.165) is 10.4 Å². The third-order valence-electron chi connectivity index (χ3n) is 2.17. The van der Waals surface area contributed by atoms with E-state index in [0.29, 0.717) is 0 Å². The highest BCUT2D eigenvalue weighted by Gasteiger charge is 2.24. The first-order valence-electron chi connectivity index (χ1n) is 4.55. The number of nitrogens with zero attached hydrogens (tertiary/aromatic N) is 1. The van der Waals surface area contributed by atoms with Crippen LogP contribution in [0.15, 0.2) is 11.4 Å². The zero-order valence-corrected chi connectivity index (χ0v) is 9.39. The van der Waals surface area contributed by atoms with Gasteiger partial charge in [-0.3, -0.25) is 4.79 Å². The molecule has 0 saturated carbocycles. The highest BCUT2D eigenvalue weighted by molar-refractivity contribution is 7.12. The van der Waals surface area contributed by atoms with E-state index in [1.807, 2.05) is 32.2 Å². The van der Waals surface area contributed by atoms with Crippen molar-refractivity contribution in [1.29, 1.82) is 5.26 Å². The van der Waals surface area contributed by atoms with Gasteiger partial charge in [0.05, 0.1) is 10.9 Å². The summed E-state index contributed by atoms with van der Waals surface area (Å²) in [6.45, 7) is 5.70. The number of hydrogen-bond acceptors (Lipinski definition) is 3. The molecule has 0 bridgehead atoms. The van der Waals surface area contributed by atoms with Crippen molar-refractivity contribution < 1.29 is 4.79 Å².